The topological polar surface area (TPSA) is 32.3 Å². The fourth-order valence-electron chi connectivity index (χ4n) is 3.90. The van der Waals surface area contributed by atoms with E-state index in [1.54, 1.807) is 0 Å². The number of benzene rings is 1. The van der Waals surface area contributed by atoms with E-state index in [0.717, 1.165) is 57.7 Å². The first-order chi connectivity index (χ1) is 11.6. The van der Waals surface area contributed by atoms with Gasteiger partial charge in [0.1, 0.15) is 11.6 Å². The Kier molecular flexibility index (Phi) is 7.63. The van der Waals surface area contributed by atoms with Crippen molar-refractivity contribution in [2.75, 3.05) is 13.1 Å². The van der Waals surface area contributed by atoms with Gasteiger partial charge in [-0.25, -0.2) is 8.78 Å². The van der Waals surface area contributed by atoms with Gasteiger partial charge in [0, 0.05) is 30.6 Å². The van der Waals surface area contributed by atoms with E-state index in [1.807, 2.05) is 4.90 Å². The van der Waals surface area contributed by atoms with Crippen LogP contribution in [0.1, 0.15) is 50.5 Å². The molecule has 1 aliphatic heterocycles. The van der Waals surface area contributed by atoms with Crippen molar-refractivity contribution in [2.24, 2.45) is 5.92 Å². The van der Waals surface area contributed by atoms with Gasteiger partial charge in [0.05, 0.1) is 0 Å². The molecule has 1 aliphatic carbocycles. The summed E-state index contributed by atoms with van der Waals surface area (Å²) in [6.07, 6.45) is 6.74. The summed E-state index contributed by atoms with van der Waals surface area (Å²) in [5, 5.41) is 3.32. The summed E-state index contributed by atoms with van der Waals surface area (Å²) in [4.78, 5) is 14.6. The van der Waals surface area contributed by atoms with Gasteiger partial charge in [0.15, 0.2) is 0 Å². The average molecular weight is 373 g/mol. The zero-order valence-electron chi connectivity index (χ0n) is 14.5. The number of hydrogen-bond donors (Lipinski definition) is 1. The van der Waals surface area contributed by atoms with Crippen LogP contribution in [0.15, 0.2) is 18.2 Å². The van der Waals surface area contributed by atoms with E-state index in [0.29, 0.717) is 17.9 Å². The highest BCUT2D eigenvalue weighted by Crippen LogP contribution is 2.27. The summed E-state index contributed by atoms with van der Waals surface area (Å²) < 4.78 is 27.1. The Hall–Kier alpha value is -1.20. The van der Waals surface area contributed by atoms with Gasteiger partial charge in [-0.15, -0.1) is 12.4 Å². The molecule has 0 aromatic heterocycles. The van der Waals surface area contributed by atoms with Crippen molar-refractivity contribution < 1.29 is 13.6 Å². The molecule has 1 unspecified atom stereocenters. The van der Waals surface area contributed by atoms with Gasteiger partial charge in [-0.2, -0.15) is 0 Å². The summed E-state index contributed by atoms with van der Waals surface area (Å²) >= 11 is 0. The quantitative estimate of drug-likeness (QED) is 0.817. The van der Waals surface area contributed by atoms with E-state index in [1.165, 1.54) is 12.1 Å². The third-order valence-electron chi connectivity index (χ3n) is 5.37. The molecule has 0 bridgehead atoms. The summed E-state index contributed by atoms with van der Waals surface area (Å²) in [5.41, 5.74) is 0.402. The highest BCUT2D eigenvalue weighted by atomic mass is 35.5. The van der Waals surface area contributed by atoms with Gasteiger partial charge in [-0.1, -0.05) is 18.9 Å². The molecule has 1 heterocycles. The predicted octanol–water partition coefficient (Wildman–Crippen LogP) is 4.05. The van der Waals surface area contributed by atoms with Crippen LogP contribution in [0.25, 0.3) is 0 Å². The second-order valence-electron chi connectivity index (χ2n) is 7.09. The number of rotatable bonds is 6. The first-order valence-electron chi connectivity index (χ1n) is 9.07. The molecule has 1 saturated heterocycles. The molecule has 1 amide bonds. The van der Waals surface area contributed by atoms with E-state index >= 15 is 0 Å². The number of carbonyl (C=O) groups excluding carboxylic acids is 1. The Labute approximate surface area is 154 Å². The van der Waals surface area contributed by atoms with Crippen molar-refractivity contribution in [3.05, 3.63) is 35.4 Å². The summed E-state index contributed by atoms with van der Waals surface area (Å²) in [6, 6.07) is 3.82. The average Bonchev–Trinajstić information content (AvgIpc) is 3.25. The van der Waals surface area contributed by atoms with Gasteiger partial charge < -0.3 is 10.2 Å². The minimum atomic E-state index is -0.580. The summed E-state index contributed by atoms with van der Waals surface area (Å²) in [6.45, 7) is 2.27. The Morgan fingerprint density at radius 2 is 1.96 bits per heavy atom. The van der Waals surface area contributed by atoms with E-state index in [-0.39, 0.29) is 30.9 Å². The lowest BCUT2D eigenvalue weighted by Crippen LogP contribution is -2.38. The van der Waals surface area contributed by atoms with E-state index in [4.69, 9.17) is 0 Å². The smallest absolute Gasteiger partial charge is 0.223 e. The second-order valence-corrected chi connectivity index (χ2v) is 7.09. The Balaban J connectivity index is 0.00000225. The Morgan fingerprint density at radius 1 is 1.20 bits per heavy atom. The standard InChI is InChI=1S/C19H26F2N2O.ClH/c20-16-7-6-15(18(21)11-16)13-23(17-3-1-2-4-17)19(24)8-5-14-9-10-22-12-14;/h6-7,11,14,17,22H,1-5,8-10,12-13H2;1H. The van der Waals surface area contributed by atoms with Crippen LogP contribution in [-0.4, -0.2) is 29.9 Å². The van der Waals surface area contributed by atoms with E-state index < -0.39 is 11.6 Å². The van der Waals surface area contributed by atoms with Crippen LogP contribution in [0.3, 0.4) is 0 Å². The lowest BCUT2D eigenvalue weighted by Gasteiger charge is -2.30. The number of nitrogens with zero attached hydrogens (tertiary/aromatic N) is 1. The lowest BCUT2D eigenvalue weighted by molar-refractivity contribution is -0.134. The molecule has 0 spiro atoms. The molecule has 2 aliphatic rings. The highest BCUT2D eigenvalue weighted by Gasteiger charge is 2.28. The van der Waals surface area contributed by atoms with E-state index in [9.17, 15) is 13.6 Å². The second kappa shape index (κ2) is 9.48. The van der Waals surface area contributed by atoms with Gasteiger partial charge in [0.25, 0.3) is 0 Å². The molecule has 3 rings (SSSR count). The number of carbonyl (C=O) groups is 1. The molecule has 2 fully saturated rings. The Morgan fingerprint density at radius 3 is 2.60 bits per heavy atom. The van der Waals surface area contributed by atoms with Crippen LogP contribution in [0.5, 0.6) is 0 Å². The van der Waals surface area contributed by atoms with Crippen LogP contribution in [0.2, 0.25) is 0 Å². The van der Waals surface area contributed by atoms with Crippen molar-refractivity contribution in [2.45, 2.75) is 57.5 Å². The molecular weight excluding hydrogens is 346 g/mol. The van der Waals surface area contributed by atoms with E-state index in [2.05, 4.69) is 5.32 Å². The largest absolute Gasteiger partial charge is 0.335 e. The van der Waals surface area contributed by atoms with Crippen LogP contribution in [0, 0.1) is 17.6 Å². The zero-order chi connectivity index (χ0) is 16.9. The molecule has 1 N–H and O–H groups in total. The molecule has 1 saturated carbocycles. The molecule has 3 nitrogen and oxygen atoms in total. The fraction of sp³-hybridized carbons (Fsp3) is 0.632. The number of nitrogens with one attached hydrogen (secondary N) is 1. The maximum atomic E-state index is 14.0. The molecule has 25 heavy (non-hydrogen) atoms. The fourth-order valence-corrected chi connectivity index (χ4v) is 3.90. The minimum Gasteiger partial charge on any atom is -0.335 e. The van der Waals surface area contributed by atoms with Gasteiger partial charge >= 0.3 is 0 Å². The number of hydrogen-bond acceptors (Lipinski definition) is 2. The molecule has 1 aromatic carbocycles. The van der Waals surface area contributed by atoms with Crippen LogP contribution < -0.4 is 5.32 Å². The monoisotopic (exact) mass is 372 g/mol. The Bertz CT molecular complexity index is 573. The van der Waals surface area contributed by atoms with Crippen LogP contribution in [0.4, 0.5) is 8.78 Å². The van der Waals surface area contributed by atoms with Crippen molar-refractivity contribution >= 4 is 18.3 Å². The van der Waals surface area contributed by atoms with Gasteiger partial charge in [0.2, 0.25) is 5.91 Å². The third-order valence-corrected chi connectivity index (χ3v) is 5.37. The van der Waals surface area contributed by atoms with Crippen molar-refractivity contribution in [3.8, 4) is 0 Å². The maximum absolute atomic E-state index is 14.0. The highest BCUT2D eigenvalue weighted by molar-refractivity contribution is 5.85. The first-order valence-corrected chi connectivity index (χ1v) is 9.07. The third kappa shape index (κ3) is 5.38. The molecule has 6 heteroatoms. The number of halogens is 3. The predicted molar refractivity (Wildman–Crippen MR) is 96.6 cm³/mol. The molecular formula is C19H27ClF2N2O. The minimum absolute atomic E-state index is 0. The van der Waals surface area contributed by atoms with Crippen molar-refractivity contribution in [3.63, 3.8) is 0 Å². The molecule has 0 radical (unpaired) electrons. The molecule has 140 valence electrons. The summed E-state index contributed by atoms with van der Waals surface area (Å²) in [5.74, 6) is -0.464. The van der Waals surface area contributed by atoms with Crippen molar-refractivity contribution in [1.82, 2.24) is 10.2 Å². The maximum Gasteiger partial charge on any atom is 0.223 e. The normalized spacial score (nSPS) is 20.5. The van der Waals surface area contributed by atoms with Gasteiger partial charge in [-0.3, -0.25) is 4.79 Å². The lowest BCUT2D eigenvalue weighted by atomic mass is 10.0. The first kappa shape index (κ1) is 20.1. The number of amides is 1. The SMILES string of the molecule is Cl.O=C(CCC1CCNC1)N(Cc1ccc(F)cc1F)C1CCCC1. The zero-order valence-corrected chi connectivity index (χ0v) is 15.3. The summed E-state index contributed by atoms with van der Waals surface area (Å²) in [7, 11) is 0. The van der Waals surface area contributed by atoms with Crippen LogP contribution >= 0.6 is 12.4 Å². The molecule has 1 aromatic rings. The van der Waals surface area contributed by atoms with Gasteiger partial charge in [-0.05, 0) is 50.8 Å². The van der Waals surface area contributed by atoms with Crippen molar-refractivity contribution in [1.29, 1.82) is 0 Å². The van der Waals surface area contributed by atoms with Crippen LogP contribution in [-0.2, 0) is 11.3 Å². The molecule has 1 atom stereocenters.